The van der Waals surface area contributed by atoms with Crippen LogP contribution in [0.1, 0.15) is 59.8 Å². The molecule has 1 atom stereocenters. The lowest BCUT2D eigenvalue weighted by Gasteiger charge is -2.29. The van der Waals surface area contributed by atoms with E-state index in [2.05, 4.69) is 0 Å². The van der Waals surface area contributed by atoms with Crippen LogP contribution < -0.4 is 0 Å². The lowest BCUT2D eigenvalue weighted by molar-refractivity contribution is -0.141. The summed E-state index contributed by atoms with van der Waals surface area (Å²) in [6.45, 7) is 4.19. The molecule has 10 heteroatoms. The van der Waals surface area contributed by atoms with Gasteiger partial charge in [0.15, 0.2) is 0 Å². The number of ether oxygens (including phenoxy) is 2. The third kappa shape index (κ3) is 4.53. The molecule has 3 heterocycles. The van der Waals surface area contributed by atoms with Crippen molar-refractivity contribution in [2.75, 3.05) is 33.4 Å². The molecule has 1 amide bonds. The van der Waals surface area contributed by atoms with Gasteiger partial charge in [0.25, 0.3) is 15.9 Å². The molecule has 1 saturated carbocycles. The van der Waals surface area contributed by atoms with Gasteiger partial charge in [-0.15, -0.1) is 11.3 Å². The number of carbonyl (C=O) groups excluding carboxylic acids is 2. The molecule has 0 bridgehead atoms. The molecule has 0 aromatic carbocycles. The van der Waals surface area contributed by atoms with Gasteiger partial charge < -0.3 is 14.4 Å². The van der Waals surface area contributed by atoms with Crippen molar-refractivity contribution in [2.24, 2.45) is 5.92 Å². The summed E-state index contributed by atoms with van der Waals surface area (Å²) in [5.41, 5.74) is 0.860. The first-order valence-corrected chi connectivity index (χ1v) is 13.3. The van der Waals surface area contributed by atoms with E-state index in [0.29, 0.717) is 63.5 Å². The van der Waals surface area contributed by atoms with Crippen LogP contribution in [0.3, 0.4) is 0 Å². The highest BCUT2D eigenvalue weighted by Gasteiger charge is 2.40. The molecule has 2 aliphatic heterocycles. The van der Waals surface area contributed by atoms with Crippen LogP contribution in [-0.2, 0) is 37.3 Å². The molecule has 4 rings (SSSR count). The number of thiophene rings is 1. The quantitative estimate of drug-likeness (QED) is 0.542. The Morgan fingerprint density at radius 2 is 2.06 bits per heavy atom. The summed E-state index contributed by atoms with van der Waals surface area (Å²) in [6, 6.07) is 0. The first kappa shape index (κ1) is 22.7. The second-order valence-electron chi connectivity index (χ2n) is 8.48. The van der Waals surface area contributed by atoms with E-state index in [4.69, 9.17) is 9.47 Å². The summed E-state index contributed by atoms with van der Waals surface area (Å²) in [5.74, 6) is -0.281. The molecule has 172 valence electrons. The minimum atomic E-state index is -3.83. The molecule has 1 saturated heterocycles. The Labute approximate surface area is 187 Å². The third-order valence-corrected chi connectivity index (χ3v) is 9.71. The number of amides is 1. The second-order valence-corrected chi connectivity index (χ2v) is 11.7. The summed E-state index contributed by atoms with van der Waals surface area (Å²) in [7, 11) is -2.56. The van der Waals surface area contributed by atoms with E-state index in [1.165, 1.54) is 11.4 Å². The molecule has 1 aromatic heterocycles. The first-order valence-electron chi connectivity index (χ1n) is 11.0. The molecular weight excluding hydrogens is 440 g/mol. The zero-order valence-corrected chi connectivity index (χ0v) is 19.7. The largest absolute Gasteiger partial charge is 0.465 e. The number of esters is 1. The fourth-order valence-electron chi connectivity index (χ4n) is 4.30. The van der Waals surface area contributed by atoms with Crippen molar-refractivity contribution in [3.63, 3.8) is 0 Å². The van der Waals surface area contributed by atoms with Crippen LogP contribution in [-0.4, -0.2) is 69.0 Å². The third-order valence-electron chi connectivity index (χ3n) is 6.14. The van der Waals surface area contributed by atoms with Crippen LogP contribution in [0.2, 0.25) is 0 Å². The number of fused-ring (bicyclic) bond motifs is 1. The topological polar surface area (TPSA) is 93.2 Å². The van der Waals surface area contributed by atoms with Crippen LogP contribution in [0.4, 0.5) is 0 Å². The maximum Gasteiger partial charge on any atom is 0.340 e. The van der Waals surface area contributed by atoms with Gasteiger partial charge in [0.05, 0.1) is 19.2 Å². The summed E-state index contributed by atoms with van der Waals surface area (Å²) >= 11 is 1.11. The molecule has 2 fully saturated rings. The van der Waals surface area contributed by atoms with Crippen molar-refractivity contribution in [1.29, 1.82) is 0 Å². The minimum Gasteiger partial charge on any atom is -0.465 e. The van der Waals surface area contributed by atoms with Crippen molar-refractivity contribution in [2.45, 2.75) is 62.3 Å². The zero-order chi connectivity index (χ0) is 22.2. The van der Waals surface area contributed by atoms with Crippen molar-refractivity contribution in [3.05, 3.63) is 16.0 Å². The Hall–Kier alpha value is -1.49. The molecule has 8 nitrogen and oxygen atoms in total. The van der Waals surface area contributed by atoms with Crippen molar-refractivity contribution >= 4 is 33.2 Å². The van der Waals surface area contributed by atoms with E-state index >= 15 is 0 Å². The summed E-state index contributed by atoms with van der Waals surface area (Å²) in [6.07, 6.45) is 4.39. The summed E-state index contributed by atoms with van der Waals surface area (Å²) < 4.78 is 39.3. The van der Waals surface area contributed by atoms with Gasteiger partial charge in [-0.2, -0.15) is 4.31 Å². The molecule has 0 N–H and O–H groups in total. The summed E-state index contributed by atoms with van der Waals surface area (Å²) in [5, 5.41) is 0. The Morgan fingerprint density at radius 1 is 1.29 bits per heavy atom. The van der Waals surface area contributed by atoms with E-state index in [9.17, 15) is 18.0 Å². The smallest absolute Gasteiger partial charge is 0.340 e. The van der Waals surface area contributed by atoms with Crippen molar-refractivity contribution in [3.8, 4) is 0 Å². The number of hydrogen-bond acceptors (Lipinski definition) is 7. The first-order chi connectivity index (χ1) is 14.9. The Kier molecular flexibility index (Phi) is 6.71. The maximum absolute atomic E-state index is 13.6. The Bertz CT molecular complexity index is 947. The lowest BCUT2D eigenvalue weighted by atomic mass is 10.0. The minimum absolute atomic E-state index is 0.0538. The normalized spacial score (nSPS) is 21.4. The molecule has 3 aliphatic rings. The molecule has 1 unspecified atom stereocenters. The van der Waals surface area contributed by atoms with Gasteiger partial charge in [-0.05, 0) is 50.0 Å². The predicted molar refractivity (Wildman–Crippen MR) is 116 cm³/mol. The Balaban J connectivity index is 1.67. The average Bonchev–Trinajstić information content (AvgIpc) is 3.26. The van der Waals surface area contributed by atoms with Crippen molar-refractivity contribution < 1.29 is 27.5 Å². The highest BCUT2D eigenvalue weighted by molar-refractivity contribution is 7.91. The van der Waals surface area contributed by atoms with Crippen LogP contribution in [0, 0.1) is 5.92 Å². The van der Waals surface area contributed by atoms with Crippen LogP contribution in [0.25, 0.3) is 0 Å². The second kappa shape index (κ2) is 9.17. The fourth-order valence-corrected chi connectivity index (χ4v) is 7.95. The maximum atomic E-state index is 13.6. The SMILES string of the molecule is CCCN(CC1CC1)S(=O)(=O)c1sc2c(c1C(=O)OC)CCN(C(=O)C1CCCO1)C2. The molecular formula is C21H30N2O6S2. The predicted octanol–water partition coefficient (Wildman–Crippen LogP) is 2.41. The van der Waals surface area contributed by atoms with Crippen LogP contribution in [0.15, 0.2) is 4.21 Å². The molecule has 0 radical (unpaired) electrons. The number of hydrogen-bond donors (Lipinski definition) is 0. The van der Waals surface area contributed by atoms with Gasteiger partial charge >= 0.3 is 5.97 Å². The van der Waals surface area contributed by atoms with E-state index < -0.39 is 22.1 Å². The molecule has 31 heavy (non-hydrogen) atoms. The van der Waals surface area contributed by atoms with Gasteiger partial charge in [-0.1, -0.05) is 6.92 Å². The highest BCUT2D eigenvalue weighted by Crippen LogP contribution is 2.40. The monoisotopic (exact) mass is 470 g/mol. The van der Waals surface area contributed by atoms with E-state index in [1.54, 1.807) is 4.90 Å². The Morgan fingerprint density at radius 3 is 2.68 bits per heavy atom. The standard InChI is InChI=1S/C21H30N2O6S2/c1-3-9-23(12-14-6-7-14)31(26,27)21-18(20(25)28-2)15-8-10-22(13-17(15)30-21)19(24)16-5-4-11-29-16/h14,16H,3-13H2,1-2H3. The lowest BCUT2D eigenvalue weighted by Crippen LogP contribution is -2.41. The van der Waals surface area contributed by atoms with Gasteiger partial charge in [0, 0.05) is 31.1 Å². The van der Waals surface area contributed by atoms with E-state index in [1.807, 2.05) is 6.92 Å². The van der Waals surface area contributed by atoms with E-state index in [-0.39, 0.29) is 15.7 Å². The number of rotatable bonds is 8. The molecule has 1 aromatic rings. The number of sulfonamides is 1. The van der Waals surface area contributed by atoms with Gasteiger partial charge in [0.2, 0.25) is 0 Å². The fraction of sp³-hybridized carbons (Fsp3) is 0.714. The van der Waals surface area contributed by atoms with Gasteiger partial charge in [-0.25, -0.2) is 13.2 Å². The van der Waals surface area contributed by atoms with Crippen molar-refractivity contribution in [1.82, 2.24) is 9.21 Å². The molecule has 0 spiro atoms. The average molecular weight is 471 g/mol. The zero-order valence-electron chi connectivity index (χ0n) is 18.1. The highest BCUT2D eigenvalue weighted by atomic mass is 32.2. The van der Waals surface area contributed by atoms with Crippen LogP contribution >= 0.6 is 11.3 Å². The van der Waals surface area contributed by atoms with E-state index in [0.717, 1.165) is 35.5 Å². The van der Waals surface area contributed by atoms with Gasteiger partial charge in [-0.3, -0.25) is 4.79 Å². The van der Waals surface area contributed by atoms with Gasteiger partial charge in [0.1, 0.15) is 10.3 Å². The number of carbonyl (C=O) groups is 2. The van der Waals surface area contributed by atoms with Crippen LogP contribution in [0.5, 0.6) is 0 Å². The molecule has 1 aliphatic carbocycles. The number of methoxy groups -OCH3 is 1. The summed E-state index contributed by atoms with van der Waals surface area (Å²) in [4.78, 5) is 27.9. The number of nitrogens with zero attached hydrogens (tertiary/aromatic N) is 2.